The van der Waals surface area contributed by atoms with E-state index in [9.17, 15) is 19.8 Å². The van der Waals surface area contributed by atoms with Crippen molar-refractivity contribution >= 4 is 23.7 Å². The molecule has 0 heterocycles. The van der Waals surface area contributed by atoms with Gasteiger partial charge in [-0.05, 0) is 11.1 Å². The number of rotatable bonds is 6. The molecule has 2 aromatic carbocycles. The van der Waals surface area contributed by atoms with Crippen LogP contribution in [0.3, 0.4) is 0 Å². The van der Waals surface area contributed by atoms with E-state index in [1.54, 1.807) is 60.7 Å². The van der Waals surface area contributed by atoms with Gasteiger partial charge in [-0.15, -0.1) is 11.8 Å². The van der Waals surface area contributed by atoms with Gasteiger partial charge in [0.25, 0.3) is 0 Å². The Morgan fingerprint density at radius 1 is 0.714 bits per heavy atom. The molecule has 0 radical (unpaired) electrons. The highest BCUT2D eigenvalue weighted by Crippen LogP contribution is 2.40. The number of hydrogen-bond donors (Lipinski definition) is 2. The van der Waals surface area contributed by atoms with Crippen molar-refractivity contribution < 1.29 is 19.8 Å². The number of hydrogen-bond acceptors (Lipinski definition) is 3. The summed E-state index contributed by atoms with van der Waals surface area (Å²) in [6, 6.07) is 17.3. The van der Waals surface area contributed by atoms with Crippen molar-refractivity contribution in [3.8, 4) is 0 Å². The van der Waals surface area contributed by atoms with E-state index in [1.165, 1.54) is 0 Å². The Morgan fingerprint density at radius 2 is 1.05 bits per heavy atom. The van der Waals surface area contributed by atoms with E-state index in [1.807, 2.05) is 0 Å². The van der Waals surface area contributed by atoms with E-state index in [2.05, 4.69) is 0 Å². The topological polar surface area (TPSA) is 74.6 Å². The predicted octanol–water partition coefficient (Wildman–Crippen LogP) is 3.37. The maximum absolute atomic E-state index is 11.5. The lowest BCUT2D eigenvalue weighted by molar-refractivity contribution is -0.136. The van der Waals surface area contributed by atoms with Crippen LogP contribution in [0.25, 0.3) is 0 Å². The third kappa shape index (κ3) is 3.86. The molecule has 2 rings (SSSR count). The van der Waals surface area contributed by atoms with Gasteiger partial charge in [-0.3, -0.25) is 9.59 Å². The SMILES string of the molecule is O=C(O)[C@@H](S[C@H](C(=O)O)c1ccccc1)c1ccccc1. The van der Waals surface area contributed by atoms with Gasteiger partial charge in [0.1, 0.15) is 10.5 Å². The van der Waals surface area contributed by atoms with Crippen LogP contribution in [0, 0.1) is 0 Å². The van der Waals surface area contributed by atoms with Gasteiger partial charge in [-0.25, -0.2) is 0 Å². The zero-order valence-electron chi connectivity index (χ0n) is 11.0. The van der Waals surface area contributed by atoms with Gasteiger partial charge in [0.15, 0.2) is 0 Å². The molecule has 5 heteroatoms. The molecule has 0 bridgehead atoms. The van der Waals surface area contributed by atoms with Crippen LogP contribution in [0.4, 0.5) is 0 Å². The molecule has 0 spiro atoms. The van der Waals surface area contributed by atoms with Crippen LogP contribution in [0.15, 0.2) is 60.7 Å². The van der Waals surface area contributed by atoms with Gasteiger partial charge >= 0.3 is 11.9 Å². The Hall–Kier alpha value is -2.27. The molecule has 21 heavy (non-hydrogen) atoms. The standard InChI is InChI=1S/C16H14O4S/c17-15(18)13(11-7-3-1-4-8-11)21-14(16(19)20)12-9-5-2-6-10-12/h1-10,13-14H,(H,17,18)(H,19,20)/t13-,14-/m0/s1. The maximum Gasteiger partial charge on any atom is 0.321 e. The van der Waals surface area contributed by atoms with Crippen molar-refractivity contribution in [3.63, 3.8) is 0 Å². The van der Waals surface area contributed by atoms with Crippen molar-refractivity contribution in [1.29, 1.82) is 0 Å². The van der Waals surface area contributed by atoms with E-state index in [0.29, 0.717) is 11.1 Å². The number of aliphatic carboxylic acids is 2. The predicted molar refractivity (Wildman–Crippen MR) is 81.2 cm³/mol. The smallest absolute Gasteiger partial charge is 0.321 e. The molecule has 0 aliphatic carbocycles. The summed E-state index contributed by atoms with van der Waals surface area (Å²) in [6.07, 6.45) is 0. The lowest BCUT2D eigenvalue weighted by Crippen LogP contribution is -2.15. The lowest BCUT2D eigenvalue weighted by Gasteiger charge is -2.18. The van der Waals surface area contributed by atoms with Crippen LogP contribution >= 0.6 is 11.8 Å². The minimum atomic E-state index is -1.05. The molecule has 0 aromatic heterocycles. The van der Waals surface area contributed by atoms with E-state index in [0.717, 1.165) is 11.8 Å². The molecule has 2 atom stereocenters. The largest absolute Gasteiger partial charge is 0.480 e. The Labute approximate surface area is 126 Å². The second kappa shape index (κ2) is 6.95. The number of thioether (sulfide) groups is 1. The second-order valence-electron chi connectivity index (χ2n) is 4.39. The van der Waals surface area contributed by atoms with Crippen LogP contribution in [0.5, 0.6) is 0 Å². The Kier molecular flexibility index (Phi) is 5.00. The summed E-state index contributed by atoms with van der Waals surface area (Å²) in [5.74, 6) is -2.10. The second-order valence-corrected chi connectivity index (χ2v) is 5.61. The van der Waals surface area contributed by atoms with Crippen molar-refractivity contribution in [1.82, 2.24) is 0 Å². The van der Waals surface area contributed by atoms with Gasteiger partial charge in [0.2, 0.25) is 0 Å². The van der Waals surface area contributed by atoms with E-state index in [4.69, 9.17) is 0 Å². The Morgan fingerprint density at radius 3 is 1.33 bits per heavy atom. The summed E-state index contributed by atoms with van der Waals surface area (Å²) in [4.78, 5) is 23.0. The monoisotopic (exact) mass is 302 g/mol. The number of benzene rings is 2. The maximum atomic E-state index is 11.5. The molecular weight excluding hydrogens is 288 g/mol. The lowest BCUT2D eigenvalue weighted by atomic mass is 10.1. The van der Waals surface area contributed by atoms with Crippen LogP contribution in [-0.4, -0.2) is 22.2 Å². The van der Waals surface area contributed by atoms with Crippen molar-refractivity contribution in [3.05, 3.63) is 71.8 Å². The zero-order valence-corrected chi connectivity index (χ0v) is 11.9. The first-order valence-corrected chi connectivity index (χ1v) is 7.25. The zero-order chi connectivity index (χ0) is 15.2. The number of carboxylic acid groups (broad SMARTS) is 2. The molecule has 2 aromatic rings. The molecule has 0 saturated heterocycles. The molecule has 0 aliphatic heterocycles. The number of carboxylic acids is 2. The minimum absolute atomic E-state index is 0.581. The molecule has 0 fully saturated rings. The molecule has 0 saturated carbocycles. The summed E-state index contributed by atoms with van der Waals surface area (Å²) in [6.45, 7) is 0. The average molecular weight is 302 g/mol. The molecule has 108 valence electrons. The van der Waals surface area contributed by atoms with Crippen LogP contribution in [0.1, 0.15) is 21.6 Å². The first-order valence-electron chi connectivity index (χ1n) is 6.30. The quantitative estimate of drug-likeness (QED) is 0.855. The van der Waals surface area contributed by atoms with Gasteiger partial charge < -0.3 is 10.2 Å². The van der Waals surface area contributed by atoms with E-state index in [-0.39, 0.29) is 0 Å². The molecular formula is C16H14O4S. The van der Waals surface area contributed by atoms with Crippen LogP contribution in [-0.2, 0) is 9.59 Å². The van der Waals surface area contributed by atoms with E-state index < -0.39 is 22.4 Å². The fourth-order valence-electron chi connectivity index (χ4n) is 1.95. The summed E-state index contributed by atoms with van der Waals surface area (Å²) in [7, 11) is 0. The van der Waals surface area contributed by atoms with Gasteiger partial charge in [-0.1, -0.05) is 60.7 Å². The van der Waals surface area contributed by atoms with Crippen molar-refractivity contribution in [2.24, 2.45) is 0 Å². The van der Waals surface area contributed by atoms with Crippen LogP contribution < -0.4 is 0 Å². The first-order chi connectivity index (χ1) is 10.1. The van der Waals surface area contributed by atoms with Gasteiger partial charge in [0, 0.05) is 0 Å². The van der Waals surface area contributed by atoms with Crippen LogP contribution in [0.2, 0.25) is 0 Å². The highest BCUT2D eigenvalue weighted by atomic mass is 32.2. The molecule has 0 amide bonds. The van der Waals surface area contributed by atoms with E-state index >= 15 is 0 Å². The molecule has 4 nitrogen and oxygen atoms in total. The molecule has 0 aliphatic rings. The third-order valence-electron chi connectivity index (χ3n) is 2.93. The van der Waals surface area contributed by atoms with Gasteiger partial charge in [-0.2, -0.15) is 0 Å². The van der Waals surface area contributed by atoms with Gasteiger partial charge in [0.05, 0.1) is 0 Å². The molecule has 2 N–H and O–H groups in total. The summed E-state index contributed by atoms with van der Waals surface area (Å²) in [5.41, 5.74) is 1.16. The average Bonchev–Trinajstić information content (AvgIpc) is 2.49. The fraction of sp³-hybridized carbons (Fsp3) is 0.125. The highest BCUT2D eigenvalue weighted by molar-refractivity contribution is 8.01. The summed E-state index contributed by atoms with van der Waals surface area (Å²) < 4.78 is 0. The normalized spacial score (nSPS) is 13.3. The fourth-order valence-corrected chi connectivity index (χ4v) is 3.08. The number of carbonyl (C=O) groups is 2. The summed E-state index contributed by atoms with van der Waals surface area (Å²) in [5, 5.41) is 16.9. The van der Waals surface area contributed by atoms with Crippen molar-refractivity contribution in [2.75, 3.05) is 0 Å². The Balaban J connectivity index is 2.30. The summed E-state index contributed by atoms with van der Waals surface area (Å²) >= 11 is 0.913. The molecule has 0 unspecified atom stereocenters. The minimum Gasteiger partial charge on any atom is -0.480 e. The highest BCUT2D eigenvalue weighted by Gasteiger charge is 2.29. The van der Waals surface area contributed by atoms with Crippen molar-refractivity contribution in [2.45, 2.75) is 10.5 Å². The Bertz CT molecular complexity index is 557. The third-order valence-corrected chi connectivity index (χ3v) is 4.42. The first kappa shape index (κ1) is 15.1.